The van der Waals surface area contributed by atoms with Crippen LogP contribution in [0.25, 0.3) is 0 Å². The Morgan fingerprint density at radius 2 is 1.73 bits per heavy atom. The van der Waals surface area contributed by atoms with Crippen molar-refractivity contribution in [2.24, 2.45) is 11.8 Å². The molecule has 1 saturated heterocycles. The van der Waals surface area contributed by atoms with E-state index in [-0.39, 0.29) is 6.54 Å². The van der Waals surface area contributed by atoms with Crippen molar-refractivity contribution in [3.05, 3.63) is 12.1 Å². The van der Waals surface area contributed by atoms with E-state index in [0.29, 0.717) is 11.8 Å². The molecule has 0 radical (unpaired) electrons. The van der Waals surface area contributed by atoms with E-state index in [1.165, 1.54) is 0 Å². The fraction of sp³-hybridized carbons (Fsp3) is 0.800. The fourth-order valence-corrected chi connectivity index (χ4v) is 2.31. The fourth-order valence-electron chi connectivity index (χ4n) is 2.31. The predicted octanol–water partition coefficient (Wildman–Crippen LogP) is 2.91. The van der Waals surface area contributed by atoms with E-state index in [1.807, 2.05) is 4.90 Å². The number of piperidine rings is 1. The quantitative estimate of drug-likeness (QED) is 0.661. The lowest BCUT2D eigenvalue weighted by molar-refractivity contribution is 0.152. The number of rotatable bonds is 3. The minimum absolute atomic E-state index is 0.0157. The molecule has 0 aromatic rings. The summed E-state index contributed by atoms with van der Waals surface area (Å²) in [5.41, 5.74) is -0.573. The van der Waals surface area contributed by atoms with Gasteiger partial charge in [0.2, 0.25) is 0 Å². The maximum absolute atomic E-state index is 12.3. The number of likely N-dealkylation sites (tertiary alicyclic amines) is 1. The van der Waals surface area contributed by atoms with Gasteiger partial charge in [0, 0.05) is 13.1 Å². The first-order valence-electron chi connectivity index (χ1n) is 5.39. The summed E-state index contributed by atoms with van der Waals surface area (Å²) in [4.78, 5) is 1.87. The van der Waals surface area contributed by atoms with Crippen molar-refractivity contribution >= 4 is 6.98 Å². The highest BCUT2D eigenvalue weighted by Gasteiger charge is 2.29. The van der Waals surface area contributed by atoms with Crippen LogP contribution in [0, 0.1) is 11.8 Å². The van der Waals surface area contributed by atoms with Gasteiger partial charge in [-0.1, -0.05) is 13.8 Å². The Kier molecular flexibility index (Phi) is 3.87. The van der Waals surface area contributed by atoms with Crippen LogP contribution in [0.5, 0.6) is 0 Å². The Morgan fingerprint density at radius 1 is 1.27 bits per heavy atom. The molecule has 1 heterocycles. The van der Waals surface area contributed by atoms with E-state index in [9.17, 15) is 12.9 Å². The zero-order chi connectivity index (χ0) is 11.6. The number of hydrogen-bond acceptors (Lipinski definition) is 1. The van der Waals surface area contributed by atoms with Crippen molar-refractivity contribution in [2.75, 3.05) is 19.6 Å². The van der Waals surface area contributed by atoms with Gasteiger partial charge in [0.1, 0.15) is 0 Å². The maximum Gasteiger partial charge on any atom is 0.506 e. The van der Waals surface area contributed by atoms with Crippen LogP contribution in [0.1, 0.15) is 20.3 Å². The van der Waals surface area contributed by atoms with Crippen LogP contribution >= 0.6 is 0 Å². The van der Waals surface area contributed by atoms with Crippen molar-refractivity contribution in [2.45, 2.75) is 20.3 Å². The molecule has 0 aromatic heterocycles. The Balaban J connectivity index is 2.48. The van der Waals surface area contributed by atoms with Gasteiger partial charge in [-0.25, -0.2) is 0 Å². The Hall–Kier alpha value is -0.445. The molecular formula is C10H18BF3N-. The summed E-state index contributed by atoms with van der Waals surface area (Å²) in [6.07, 6.45) is 1.11. The van der Waals surface area contributed by atoms with Gasteiger partial charge in [-0.05, 0) is 24.8 Å². The second-order valence-electron chi connectivity index (χ2n) is 4.87. The van der Waals surface area contributed by atoms with Crippen LogP contribution in [0.15, 0.2) is 12.1 Å². The topological polar surface area (TPSA) is 3.24 Å². The molecular weight excluding hydrogens is 202 g/mol. The average Bonchev–Trinajstić information content (AvgIpc) is 1.99. The molecule has 1 nitrogen and oxygen atoms in total. The van der Waals surface area contributed by atoms with Gasteiger partial charge in [0.25, 0.3) is 0 Å². The molecule has 2 atom stereocenters. The molecule has 0 aromatic carbocycles. The van der Waals surface area contributed by atoms with E-state index in [4.69, 9.17) is 0 Å². The lowest BCUT2D eigenvalue weighted by Gasteiger charge is -2.36. The van der Waals surface area contributed by atoms with Crippen LogP contribution in [0.2, 0.25) is 0 Å². The minimum Gasteiger partial charge on any atom is -0.445 e. The van der Waals surface area contributed by atoms with Crippen molar-refractivity contribution in [3.63, 3.8) is 0 Å². The predicted molar refractivity (Wildman–Crippen MR) is 57.6 cm³/mol. The van der Waals surface area contributed by atoms with E-state index >= 15 is 0 Å². The first-order chi connectivity index (χ1) is 6.79. The Morgan fingerprint density at radius 3 is 2.13 bits per heavy atom. The Labute approximate surface area is 89.4 Å². The zero-order valence-corrected chi connectivity index (χ0v) is 9.35. The molecule has 0 spiro atoms. The van der Waals surface area contributed by atoms with Gasteiger partial charge in [-0.2, -0.15) is 0 Å². The van der Waals surface area contributed by atoms with Gasteiger partial charge in [0.15, 0.2) is 0 Å². The maximum atomic E-state index is 12.3. The lowest BCUT2D eigenvalue weighted by Crippen LogP contribution is -2.41. The monoisotopic (exact) mass is 220 g/mol. The van der Waals surface area contributed by atoms with Crippen LogP contribution in [-0.4, -0.2) is 31.5 Å². The second kappa shape index (κ2) is 4.60. The largest absolute Gasteiger partial charge is 0.506 e. The molecule has 1 fully saturated rings. The summed E-state index contributed by atoms with van der Waals surface area (Å²) in [5.74, 6) is 0.976. The molecule has 88 valence electrons. The zero-order valence-electron chi connectivity index (χ0n) is 9.35. The molecule has 2 unspecified atom stereocenters. The molecule has 0 N–H and O–H groups in total. The van der Waals surface area contributed by atoms with Crippen LogP contribution in [0.3, 0.4) is 0 Å². The molecule has 1 aliphatic rings. The Bertz CT molecular complexity index is 229. The smallest absolute Gasteiger partial charge is 0.445 e. The third-order valence-electron chi connectivity index (χ3n) is 2.83. The molecule has 1 aliphatic heterocycles. The lowest BCUT2D eigenvalue weighted by atomic mass is 9.79. The van der Waals surface area contributed by atoms with E-state index in [2.05, 4.69) is 20.4 Å². The molecule has 0 bridgehead atoms. The third-order valence-corrected chi connectivity index (χ3v) is 2.83. The number of hydrogen-bond donors (Lipinski definition) is 0. The highest BCUT2D eigenvalue weighted by molar-refractivity contribution is 6.66. The summed E-state index contributed by atoms with van der Waals surface area (Å²) in [5, 5.41) is 0. The van der Waals surface area contributed by atoms with Crippen LogP contribution in [0.4, 0.5) is 12.9 Å². The van der Waals surface area contributed by atoms with E-state index in [1.54, 1.807) is 0 Å². The summed E-state index contributed by atoms with van der Waals surface area (Å²) in [6, 6.07) is 0. The summed E-state index contributed by atoms with van der Waals surface area (Å²) in [6.45, 7) is 3.94. The minimum atomic E-state index is -4.87. The molecule has 0 amide bonds. The van der Waals surface area contributed by atoms with E-state index in [0.717, 1.165) is 19.5 Å². The standard InChI is InChI=1S/C10H18BF3N/c1-8-4-9(2)6-15(5-8)7-10(3)11(12,13)14/h8-9H,3-7H2,1-2H3/q-1. The van der Waals surface area contributed by atoms with Gasteiger partial charge in [-0.15, -0.1) is 12.1 Å². The van der Waals surface area contributed by atoms with Crippen molar-refractivity contribution in [3.8, 4) is 0 Å². The van der Waals surface area contributed by atoms with Crippen molar-refractivity contribution in [1.29, 1.82) is 0 Å². The molecule has 1 rings (SSSR count). The van der Waals surface area contributed by atoms with E-state index < -0.39 is 12.4 Å². The van der Waals surface area contributed by atoms with Gasteiger partial charge in [-0.3, -0.25) is 0 Å². The summed E-state index contributed by atoms with van der Waals surface area (Å²) >= 11 is 0. The second-order valence-corrected chi connectivity index (χ2v) is 4.87. The normalized spacial score (nSPS) is 29.1. The highest BCUT2D eigenvalue weighted by Crippen LogP contribution is 2.24. The third kappa shape index (κ3) is 3.90. The van der Waals surface area contributed by atoms with Gasteiger partial charge < -0.3 is 17.8 Å². The van der Waals surface area contributed by atoms with Crippen LogP contribution < -0.4 is 0 Å². The summed E-state index contributed by atoms with van der Waals surface area (Å²) in [7, 11) is 0. The average molecular weight is 220 g/mol. The first kappa shape index (κ1) is 12.6. The SMILES string of the molecule is C=C(CN1CC(C)CC(C)C1)[B-](F)(F)F. The highest BCUT2D eigenvalue weighted by atomic mass is 19.4. The molecule has 15 heavy (non-hydrogen) atoms. The van der Waals surface area contributed by atoms with Crippen molar-refractivity contribution < 1.29 is 12.9 Å². The number of halogens is 3. The van der Waals surface area contributed by atoms with Crippen LogP contribution in [-0.2, 0) is 0 Å². The first-order valence-corrected chi connectivity index (χ1v) is 5.39. The molecule has 0 aliphatic carbocycles. The van der Waals surface area contributed by atoms with Gasteiger partial charge >= 0.3 is 6.98 Å². The number of nitrogens with zero attached hydrogens (tertiary/aromatic N) is 1. The molecule has 0 saturated carbocycles. The van der Waals surface area contributed by atoms with Gasteiger partial charge in [0.05, 0.1) is 0 Å². The summed E-state index contributed by atoms with van der Waals surface area (Å²) < 4.78 is 37.0. The molecule has 5 heteroatoms. The van der Waals surface area contributed by atoms with Crippen molar-refractivity contribution in [1.82, 2.24) is 4.90 Å².